The Morgan fingerprint density at radius 1 is 1.05 bits per heavy atom. The molecule has 5 atom stereocenters. The van der Waals surface area contributed by atoms with Crippen molar-refractivity contribution in [1.82, 2.24) is 5.32 Å². The van der Waals surface area contributed by atoms with E-state index in [-0.39, 0.29) is 12.8 Å². The standard InChI is InChI=1S/C11H22N2O8/c12-8(17)2-1-5(11(20)21)13-3-6(15)9(18)10(19)7(16)4-14/h5-7,9-10,13-16,18-19H,1-4H2,(H2,12,17)(H,20,21). The van der Waals surface area contributed by atoms with E-state index in [0.29, 0.717) is 0 Å². The number of hydrogen-bond acceptors (Lipinski definition) is 8. The van der Waals surface area contributed by atoms with Crippen molar-refractivity contribution >= 4 is 11.9 Å². The lowest BCUT2D eigenvalue weighted by molar-refractivity contribution is -0.140. The van der Waals surface area contributed by atoms with Crippen LogP contribution < -0.4 is 11.1 Å². The lowest BCUT2D eigenvalue weighted by atomic mass is 10.0. The van der Waals surface area contributed by atoms with Crippen molar-refractivity contribution < 1.29 is 40.2 Å². The first kappa shape index (κ1) is 19.7. The number of hydrogen-bond donors (Lipinski definition) is 8. The molecule has 5 unspecified atom stereocenters. The normalized spacial score (nSPS) is 18.5. The number of primary amides is 1. The third-order valence-corrected chi connectivity index (χ3v) is 2.88. The summed E-state index contributed by atoms with van der Waals surface area (Å²) in [6.45, 7) is -1.22. The summed E-state index contributed by atoms with van der Waals surface area (Å²) in [5.74, 6) is -1.95. The number of aliphatic hydroxyl groups excluding tert-OH is 5. The van der Waals surface area contributed by atoms with Crippen LogP contribution in [-0.2, 0) is 9.59 Å². The minimum atomic E-state index is -1.79. The summed E-state index contributed by atoms with van der Waals surface area (Å²) in [5, 5.41) is 57.5. The SMILES string of the molecule is NC(=O)CCC(NCC(O)C(O)C(O)C(O)CO)C(=O)O. The quantitative estimate of drug-likeness (QED) is 0.186. The van der Waals surface area contributed by atoms with E-state index in [0.717, 1.165) is 0 Å². The van der Waals surface area contributed by atoms with Gasteiger partial charge in [0.05, 0.1) is 12.7 Å². The van der Waals surface area contributed by atoms with Crippen LogP contribution in [0.5, 0.6) is 0 Å². The Kier molecular flexibility index (Phi) is 9.01. The second kappa shape index (κ2) is 9.60. The van der Waals surface area contributed by atoms with Crippen LogP contribution in [0.1, 0.15) is 12.8 Å². The molecule has 0 aliphatic carbocycles. The molecule has 0 aromatic heterocycles. The monoisotopic (exact) mass is 310 g/mol. The largest absolute Gasteiger partial charge is 0.480 e. The molecule has 9 N–H and O–H groups in total. The van der Waals surface area contributed by atoms with Crippen LogP contribution in [-0.4, -0.2) is 86.1 Å². The third-order valence-electron chi connectivity index (χ3n) is 2.88. The first-order valence-electron chi connectivity index (χ1n) is 6.28. The topological polar surface area (TPSA) is 194 Å². The summed E-state index contributed by atoms with van der Waals surface area (Å²) in [4.78, 5) is 21.5. The maximum absolute atomic E-state index is 10.9. The number of nitrogens with one attached hydrogen (secondary N) is 1. The van der Waals surface area contributed by atoms with E-state index in [4.69, 9.17) is 21.1 Å². The van der Waals surface area contributed by atoms with Gasteiger partial charge in [-0.15, -0.1) is 0 Å². The lowest BCUT2D eigenvalue weighted by Gasteiger charge is -2.26. The van der Waals surface area contributed by atoms with Crippen LogP contribution in [0, 0.1) is 0 Å². The van der Waals surface area contributed by atoms with E-state index in [1.54, 1.807) is 0 Å². The fourth-order valence-corrected chi connectivity index (χ4v) is 1.55. The number of amides is 1. The zero-order valence-corrected chi connectivity index (χ0v) is 11.3. The molecule has 21 heavy (non-hydrogen) atoms. The fourth-order valence-electron chi connectivity index (χ4n) is 1.55. The summed E-state index contributed by atoms with van der Waals surface area (Å²) >= 11 is 0. The Labute approximate surface area is 120 Å². The molecule has 0 aromatic carbocycles. The summed E-state index contributed by atoms with van der Waals surface area (Å²) in [5.41, 5.74) is 4.90. The fraction of sp³-hybridized carbons (Fsp3) is 0.818. The zero-order valence-electron chi connectivity index (χ0n) is 11.3. The highest BCUT2D eigenvalue weighted by Crippen LogP contribution is 2.05. The number of carboxylic acids is 1. The molecule has 0 bridgehead atoms. The van der Waals surface area contributed by atoms with E-state index < -0.39 is 55.5 Å². The molecule has 0 aliphatic rings. The number of carboxylic acid groups (broad SMARTS) is 1. The third kappa shape index (κ3) is 7.32. The summed E-state index contributed by atoms with van der Waals surface area (Å²) in [6, 6.07) is -1.17. The van der Waals surface area contributed by atoms with Crippen LogP contribution in [0.2, 0.25) is 0 Å². The Hall–Kier alpha value is -1.30. The van der Waals surface area contributed by atoms with E-state index in [2.05, 4.69) is 5.32 Å². The van der Waals surface area contributed by atoms with Crippen molar-refractivity contribution in [3.63, 3.8) is 0 Å². The molecule has 0 spiro atoms. The van der Waals surface area contributed by atoms with E-state index >= 15 is 0 Å². The van der Waals surface area contributed by atoms with Gasteiger partial charge in [-0.3, -0.25) is 9.59 Å². The van der Waals surface area contributed by atoms with Crippen LogP contribution >= 0.6 is 0 Å². The minimum Gasteiger partial charge on any atom is -0.480 e. The van der Waals surface area contributed by atoms with Crippen molar-refractivity contribution in [3.05, 3.63) is 0 Å². The molecule has 10 heteroatoms. The van der Waals surface area contributed by atoms with Gasteiger partial charge >= 0.3 is 5.97 Å². The number of rotatable bonds is 11. The van der Waals surface area contributed by atoms with Crippen molar-refractivity contribution in [3.8, 4) is 0 Å². The predicted octanol–water partition coefficient (Wildman–Crippen LogP) is -4.27. The smallest absolute Gasteiger partial charge is 0.320 e. The first-order chi connectivity index (χ1) is 9.70. The maximum atomic E-state index is 10.9. The number of carbonyl (C=O) groups is 2. The molecule has 0 saturated carbocycles. The van der Waals surface area contributed by atoms with E-state index in [1.165, 1.54) is 0 Å². The second-order valence-electron chi connectivity index (χ2n) is 4.60. The Bertz CT molecular complexity index is 340. The average molecular weight is 310 g/mol. The van der Waals surface area contributed by atoms with Gasteiger partial charge in [0.2, 0.25) is 5.91 Å². The van der Waals surface area contributed by atoms with Crippen LogP contribution in [0.3, 0.4) is 0 Å². The molecule has 0 rings (SSSR count). The number of carbonyl (C=O) groups excluding carboxylic acids is 1. The second-order valence-corrected chi connectivity index (χ2v) is 4.60. The molecule has 1 amide bonds. The number of aliphatic hydroxyl groups is 5. The molecule has 10 nitrogen and oxygen atoms in total. The molecule has 0 heterocycles. The van der Waals surface area contributed by atoms with E-state index in [1.807, 2.05) is 0 Å². The molecule has 0 aromatic rings. The van der Waals surface area contributed by atoms with Crippen LogP contribution in [0.4, 0.5) is 0 Å². The Balaban J connectivity index is 4.38. The summed E-state index contributed by atoms with van der Waals surface area (Å²) in [7, 11) is 0. The lowest BCUT2D eigenvalue weighted by Crippen LogP contribution is -2.51. The van der Waals surface area contributed by atoms with Gasteiger partial charge in [-0.05, 0) is 6.42 Å². The molecule has 0 saturated heterocycles. The van der Waals surface area contributed by atoms with Gasteiger partial charge in [-0.25, -0.2) is 0 Å². The molecule has 0 aliphatic heterocycles. The summed E-state index contributed by atoms with van der Waals surface area (Å²) < 4.78 is 0. The Morgan fingerprint density at radius 3 is 2.00 bits per heavy atom. The van der Waals surface area contributed by atoms with Crippen molar-refractivity contribution in [2.75, 3.05) is 13.2 Å². The molecular formula is C11H22N2O8. The highest BCUT2D eigenvalue weighted by atomic mass is 16.4. The van der Waals surface area contributed by atoms with Crippen LogP contribution in [0.15, 0.2) is 0 Å². The van der Waals surface area contributed by atoms with Crippen molar-refractivity contribution in [2.45, 2.75) is 43.3 Å². The van der Waals surface area contributed by atoms with Gasteiger partial charge in [0, 0.05) is 13.0 Å². The van der Waals surface area contributed by atoms with Crippen LogP contribution in [0.25, 0.3) is 0 Å². The zero-order chi connectivity index (χ0) is 16.6. The molecule has 124 valence electrons. The number of nitrogens with two attached hydrogens (primary N) is 1. The first-order valence-corrected chi connectivity index (χ1v) is 6.28. The Morgan fingerprint density at radius 2 is 1.57 bits per heavy atom. The van der Waals surface area contributed by atoms with Crippen molar-refractivity contribution in [2.24, 2.45) is 5.73 Å². The molecule has 0 fully saturated rings. The van der Waals surface area contributed by atoms with E-state index in [9.17, 15) is 24.9 Å². The van der Waals surface area contributed by atoms with Gasteiger partial charge in [0.25, 0.3) is 0 Å². The summed E-state index contributed by atoms with van der Waals surface area (Å²) in [6.07, 6.45) is -7.08. The van der Waals surface area contributed by atoms with Gasteiger partial charge in [-0.2, -0.15) is 0 Å². The highest BCUT2D eigenvalue weighted by Gasteiger charge is 2.30. The predicted molar refractivity (Wildman–Crippen MR) is 69.0 cm³/mol. The molecule has 0 radical (unpaired) electrons. The van der Waals surface area contributed by atoms with Gasteiger partial charge in [0.15, 0.2) is 0 Å². The van der Waals surface area contributed by atoms with Gasteiger partial charge < -0.3 is 41.7 Å². The average Bonchev–Trinajstić information content (AvgIpc) is 2.43. The maximum Gasteiger partial charge on any atom is 0.320 e. The minimum absolute atomic E-state index is 0.102. The highest BCUT2D eigenvalue weighted by molar-refractivity contribution is 5.77. The van der Waals surface area contributed by atoms with Crippen molar-refractivity contribution in [1.29, 1.82) is 0 Å². The molecular weight excluding hydrogens is 288 g/mol. The van der Waals surface area contributed by atoms with Gasteiger partial charge in [-0.1, -0.05) is 0 Å². The number of aliphatic carboxylic acids is 1. The van der Waals surface area contributed by atoms with Gasteiger partial charge in [0.1, 0.15) is 24.4 Å².